The number of ether oxygens (including phenoxy) is 1. The Morgan fingerprint density at radius 2 is 2.11 bits per heavy atom. The zero-order chi connectivity index (χ0) is 12.8. The molecule has 18 heavy (non-hydrogen) atoms. The highest BCUT2D eigenvalue weighted by molar-refractivity contribution is 8.14. The van der Waals surface area contributed by atoms with Crippen LogP contribution in [0.1, 0.15) is 25.7 Å². The summed E-state index contributed by atoms with van der Waals surface area (Å²) >= 11 is 1.88. The first-order chi connectivity index (χ1) is 8.70. The highest BCUT2D eigenvalue weighted by Gasteiger charge is 2.38. The van der Waals surface area contributed by atoms with E-state index in [1.54, 1.807) is 0 Å². The summed E-state index contributed by atoms with van der Waals surface area (Å²) < 4.78 is 5.43. The molecule has 2 fully saturated rings. The summed E-state index contributed by atoms with van der Waals surface area (Å²) in [6.07, 6.45) is 4.66. The van der Waals surface area contributed by atoms with Gasteiger partial charge < -0.3 is 15.0 Å². The fraction of sp³-hybridized carbons (Fsp3) is 0.923. The normalized spacial score (nSPS) is 24.9. The van der Waals surface area contributed by atoms with Gasteiger partial charge in [-0.25, -0.2) is 0 Å². The predicted octanol–water partition coefficient (Wildman–Crippen LogP) is 1.57. The number of thioether (sulfide) groups is 1. The van der Waals surface area contributed by atoms with Crippen molar-refractivity contribution in [2.75, 3.05) is 46.2 Å². The third kappa shape index (κ3) is 4.14. The summed E-state index contributed by atoms with van der Waals surface area (Å²) in [7, 11) is 4.24. The number of hydrogen-bond donors (Lipinski definition) is 1. The molecule has 104 valence electrons. The van der Waals surface area contributed by atoms with Gasteiger partial charge in [0.1, 0.15) is 0 Å². The van der Waals surface area contributed by atoms with Gasteiger partial charge in [0.25, 0.3) is 0 Å². The van der Waals surface area contributed by atoms with Crippen molar-refractivity contribution in [1.29, 1.82) is 0 Å². The fourth-order valence-corrected chi connectivity index (χ4v) is 3.59. The van der Waals surface area contributed by atoms with E-state index in [0.717, 1.165) is 50.1 Å². The second kappa shape index (κ2) is 6.78. The monoisotopic (exact) mass is 271 g/mol. The van der Waals surface area contributed by atoms with Crippen LogP contribution < -0.4 is 5.32 Å². The smallest absolute Gasteiger partial charge is 0.157 e. The largest absolute Gasteiger partial charge is 0.381 e. The Morgan fingerprint density at radius 3 is 2.83 bits per heavy atom. The van der Waals surface area contributed by atoms with Gasteiger partial charge >= 0.3 is 0 Å². The zero-order valence-corrected chi connectivity index (χ0v) is 12.4. The second-order valence-electron chi connectivity index (χ2n) is 5.50. The fourth-order valence-electron chi connectivity index (χ4n) is 2.34. The van der Waals surface area contributed by atoms with Crippen LogP contribution in [0.15, 0.2) is 4.99 Å². The lowest BCUT2D eigenvalue weighted by Gasteiger charge is -2.32. The zero-order valence-electron chi connectivity index (χ0n) is 11.6. The molecule has 0 aromatic heterocycles. The average Bonchev–Trinajstić information content (AvgIpc) is 2.72. The Kier molecular flexibility index (Phi) is 5.33. The number of nitrogens with one attached hydrogen (secondary N) is 1. The molecule has 2 aliphatic rings. The topological polar surface area (TPSA) is 36.9 Å². The number of unbranched alkanes of at least 4 members (excludes halogenated alkanes) is 1. The van der Waals surface area contributed by atoms with E-state index in [2.05, 4.69) is 29.3 Å². The molecule has 0 unspecified atom stereocenters. The Bertz CT molecular complexity index is 288. The molecule has 0 radical (unpaired) electrons. The maximum atomic E-state index is 5.43. The van der Waals surface area contributed by atoms with Crippen LogP contribution in [-0.2, 0) is 4.74 Å². The number of hydrogen-bond acceptors (Lipinski definition) is 4. The van der Waals surface area contributed by atoms with E-state index in [1.165, 1.54) is 12.8 Å². The van der Waals surface area contributed by atoms with Crippen molar-refractivity contribution in [3.8, 4) is 0 Å². The van der Waals surface area contributed by atoms with Crippen LogP contribution in [0.4, 0.5) is 0 Å². The molecule has 1 N–H and O–H groups in total. The van der Waals surface area contributed by atoms with Gasteiger partial charge in [-0.3, -0.25) is 4.99 Å². The SMILES string of the molecule is CN(C)CCCCN=C1NC2(CCOCC2)CS1. The summed E-state index contributed by atoms with van der Waals surface area (Å²) in [6, 6.07) is 0. The first-order valence-electron chi connectivity index (χ1n) is 6.88. The van der Waals surface area contributed by atoms with E-state index in [1.807, 2.05) is 11.8 Å². The first-order valence-corrected chi connectivity index (χ1v) is 7.87. The van der Waals surface area contributed by atoms with Gasteiger partial charge in [0.2, 0.25) is 0 Å². The van der Waals surface area contributed by atoms with E-state index in [9.17, 15) is 0 Å². The number of rotatable bonds is 5. The van der Waals surface area contributed by atoms with Crippen LogP contribution in [0, 0.1) is 0 Å². The van der Waals surface area contributed by atoms with E-state index >= 15 is 0 Å². The molecule has 0 aliphatic carbocycles. The lowest BCUT2D eigenvalue weighted by Crippen LogP contribution is -2.48. The van der Waals surface area contributed by atoms with E-state index in [-0.39, 0.29) is 5.54 Å². The van der Waals surface area contributed by atoms with Crippen LogP contribution in [-0.4, -0.2) is 61.8 Å². The molecule has 0 atom stereocenters. The summed E-state index contributed by atoms with van der Waals surface area (Å²) in [5.41, 5.74) is 0.283. The average molecular weight is 271 g/mol. The molecule has 2 saturated heterocycles. The van der Waals surface area contributed by atoms with E-state index in [0.29, 0.717) is 0 Å². The molecule has 5 heteroatoms. The van der Waals surface area contributed by atoms with Crippen molar-refractivity contribution < 1.29 is 4.74 Å². The van der Waals surface area contributed by atoms with Gasteiger partial charge in [0, 0.05) is 25.5 Å². The van der Waals surface area contributed by atoms with Gasteiger partial charge in [-0.2, -0.15) is 0 Å². The van der Waals surface area contributed by atoms with Crippen molar-refractivity contribution in [2.45, 2.75) is 31.2 Å². The molecule has 0 aromatic carbocycles. The molecule has 2 rings (SSSR count). The van der Waals surface area contributed by atoms with Gasteiger partial charge in [0.15, 0.2) is 5.17 Å². The summed E-state index contributed by atoms with van der Waals surface area (Å²) in [5, 5.41) is 4.78. The Morgan fingerprint density at radius 1 is 1.33 bits per heavy atom. The van der Waals surface area contributed by atoms with Crippen molar-refractivity contribution >= 4 is 16.9 Å². The van der Waals surface area contributed by atoms with Crippen molar-refractivity contribution in [2.24, 2.45) is 4.99 Å². The summed E-state index contributed by atoms with van der Waals surface area (Å²) in [6.45, 7) is 3.90. The molecule has 0 saturated carbocycles. The molecular weight excluding hydrogens is 246 g/mol. The highest BCUT2D eigenvalue weighted by atomic mass is 32.2. The Balaban J connectivity index is 1.68. The van der Waals surface area contributed by atoms with Crippen LogP contribution >= 0.6 is 11.8 Å². The molecule has 1 spiro atoms. The minimum Gasteiger partial charge on any atom is -0.381 e. The molecule has 0 amide bonds. The van der Waals surface area contributed by atoms with Crippen molar-refractivity contribution in [3.05, 3.63) is 0 Å². The molecule has 2 heterocycles. The maximum Gasteiger partial charge on any atom is 0.157 e. The lowest BCUT2D eigenvalue weighted by atomic mass is 9.93. The van der Waals surface area contributed by atoms with E-state index < -0.39 is 0 Å². The molecule has 2 aliphatic heterocycles. The predicted molar refractivity (Wildman–Crippen MR) is 78.5 cm³/mol. The minimum absolute atomic E-state index is 0.283. The highest BCUT2D eigenvalue weighted by Crippen LogP contribution is 2.31. The molecular formula is C13H25N3OS. The third-order valence-electron chi connectivity index (χ3n) is 3.58. The summed E-state index contributed by atoms with van der Waals surface area (Å²) in [5.74, 6) is 1.16. The maximum absolute atomic E-state index is 5.43. The molecule has 0 aromatic rings. The third-order valence-corrected chi connectivity index (χ3v) is 4.78. The summed E-state index contributed by atoms with van der Waals surface area (Å²) in [4.78, 5) is 6.91. The van der Waals surface area contributed by atoms with Gasteiger partial charge in [-0.15, -0.1) is 0 Å². The van der Waals surface area contributed by atoms with Crippen LogP contribution in [0.3, 0.4) is 0 Å². The molecule has 4 nitrogen and oxygen atoms in total. The second-order valence-corrected chi connectivity index (χ2v) is 6.47. The standard InChI is InChI=1S/C13H25N3OS/c1-16(2)8-4-3-7-14-12-15-13(11-18-12)5-9-17-10-6-13/h3-11H2,1-2H3,(H,14,15). The van der Waals surface area contributed by atoms with Crippen LogP contribution in [0.5, 0.6) is 0 Å². The van der Waals surface area contributed by atoms with Gasteiger partial charge in [-0.1, -0.05) is 11.8 Å². The van der Waals surface area contributed by atoms with Gasteiger partial charge in [0.05, 0.1) is 5.54 Å². The minimum atomic E-state index is 0.283. The van der Waals surface area contributed by atoms with Crippen molar-refractivity contribution in [1.82, 2.24) is 10.2 Å². The van der Waals surface area contributed by atoms with Gasteiger partial charge in [-0.05, 0) is 46.3 Å². The quantitative estimate of drug-likeness (QED) is 0.770. The first kappa shape index (κ1) is 14.2. The molecule has 0 bridgehead atoms. The van der Waals surface area contributed by atoms with Crippen LogP contribution in [0.25, 0.3) is 0 Å². The number of amidine groups is 1. The Labute approximate surface area is 115 Å². The lowest BCUT2D eigenvalue weighted by molar-refractivity contribution is 0.0555. The number of nitrogens with zero attached hydrogens (tertiary/aromatic N) is 2. The Hall–Kier alpha value is -0.260. The number of aliphatic imine (C=N–C) groups is 1. The van der Waals surface area contributed by atoms with Crippen LogP contribution in [0.2, 0.25) is 0 Å². The van der Waals surface area contributed by atoms with E-state index in [4.69, 9.17) is 4.74 Å². The van der Waals surface area contributed by atoms with Crippen molar-refractivity contribution in [3.63, 3.8) is 0 Å².